The lowest BCUT2D eigenvalue weighted by Gasteiger charge is -2.33. The molecule has 3 heteroatoms. The zero-order chi connectivity index (χ0) is 20.3. The summed E-state index contributed by atoms with van der Waals surface area (Å²) in [6, 6.07) is 21.1. The first kappa shape index (κ1) is 21.6. The number of benzene rings is 2. The lowest BCUT2D eigenvalue weighted by molar-refractivity contribution is -0.138. The number of carbonyl (C=O) groups is 1. The molecule has 1 atom stereocenters. The normalized spacial score (nSPS) is 16.0. The highest BCUT2D eigenvalue weighted by molar-refractivity contribution is 5.67. The molecule has 2 aromatic carbocycles. The minimum absolute atomic E-state index is 0.0957. The molecule has 1 fully saturated rings. The van der Waals surface area contributed by atoms with E-state index in [1.54, 1.807) is 0 Å². The molecule has 1 aliphatic rings. The predicted molar refractivity (Wildman–Crippen MR) is 119 cm³/mol. The van der Waals surface area contributed by atoms with E-state index in [1.807, 2.05) is 12.1 Å². The number of carboxylic acids is 1. The van der Waals surface area contributed by atoms with Crippen molar-refractivity contribution in [1.82, 2.24) is 4.90 Å². The molecule has 3 rings (SSSR count). The molecule has 29 heavy (non-hydrogen) atoms. The average Bonchev–Trinajstić information content (AvgIpc) is 2.76. The minimum atomic E-state index is -0.684. The molecule has 1 aliphatic carbocycles. The van der Waals surface area contributed by atoms with Crippen LogP contribution in [0.4, 0.5) is 0 Å². The molecule has 0 saturated heterocycles. The van der Waals surface area contributed by atoms with Crippen LogP contribution in [-0.2, 0) is 17.8 Å². The van der Waals surface area contributed by atoms with Crippen LogP contribution in [0.1, 0.15) is 62.5 Å². The molecule has 1 N–H and O–H groups in total. The quantitative estimate of drug-likeness (QED) is 0.514. The maximum absolute atomic E-state index is 11.7. The summed E-state index contributed by atoms with van der Waals surface area (Å²) in [5.74, 6) is 0.101. The number of carboxylic acid groups (broad SMARTS) is 1. The van der Waals surface area contributed by atoms with Crippen molar-refractivity contribution in [3.63, 3.8) is 0 Å². The van der Waals surface area contributed by atoms with Crippen LogP contribution in [0, 0.1) is 5.92 Å². The first-order valence-electron chi connectivity index (χ1n) is 11.2. The standard InChI is InChI=1S/C26H35NO2/c28-26(29)20-25(17-16-22-10-4-1-5-11-22)27(21-24-14-8-3-9-15-24)19-18-23-12-6-2-7-13-23/h2-3,6-9,12-15,22,25H,1,4-5,10-11,16-21H2,(H,28,29). The van der Waals surface area contributed by atoms with Crippen molar-refractivity contribution in [2.24, 2.45) is 5.92 Å². The molecule has 3 nitrogen and oxygen atoms in total. The smallest absolute Gasteiger partial charge is 0.304 e. The Balaban J connectivity index is 1.69. The molecule has 0 bridgehead atoms. The Hall–Kier alpha value is -2.13. The van der Waals surface area contributed by atoms with E-state index >= 15 is 0 Å². The summed E-state index contributed by atoms with van der Waals surface area (Å²) in [6.07, 6.45) is 10.0. The molecule has 0 heterocycles. The van der Waals surface area contributed by atoms with E-state index in [2.05, 4.69) is 53.4 Å². The molecule has 2 aromatic rings. The third-order valence-corrected chi connectivity index (χ3v) is 6.32. The SMILES string of the molecule is O=C(O)CC(CCC1CCCCC1)N(CCc1ccccc1)Cc1ccccc1. The minimum Gasteiger partial charge on any atom is -0.481 e. The van der Waals surface area contributed by atoms with Gasteiger partial charge in [-0.05, 0) is 36.3 Å². The zero-order valence-electron chi connectivity index (χ0n) is 17.5. The van der Waals surface area contributed by atoms with Crippen LogP contribution in [0.5, 0.6) is 0 Å². The summed E-state index contributed by atoms with van der Waals surface area (Å²) in [5, 5.41) is 9.59. The molecule has 156 valence electrons. The summed E-state index contributed by atoms with van der Waals surface area (Å²) in [4.78, 5) is 14.1. The average molecular weight is 394 g/mol. The van der Waals surface area contributed by atoms with Gasteiger partial charge in [0.1, 0.15) is 0 Å². The van der Waals surface area contributed by atoms with Gasteiger partial charge in [0.05, 0.1) is 6.42 Å². The third kappa shape index (κ3) is 7.66. The van der Waals surface area contributed by atoms with Gasteiger partial charge >= 0.3 is 5.97 Å². The molecule has 1 saturated carbocycles. The van der Waals surface area contributed by atoms with E-state index in [0.29, 0.717) is 0 Å². The number of nitrogens with zero attached hydrogens (tertiary/aromatic N) is 1. The molecular weight excluding hydrogens is 358 g/mol. The Kier molecular flexibility index (Phi) is 8.76. The maximum atomic E-state index is 11.7. The largest absolute Gasteiger partial charge is 0.481 e. The van der Waals surface area contributed by atoms with Crippen molar-refractivity contribution in [3.05, 3.63) is 71.8 Å². The monoisotopic (exact) mass is 393 g/mol. The van der Waals surface area contributed by atoms with Gasteiger partial charge < -0.3 is 5.11 Å². The van der Waals surface area contributed by atoms with Gasteiger partial charge in [0.15, 0.2) is 0 Å². The molecule has 0 spiro atoms. The first-order chi connectivity index (χ1) is 14.2. The van der Waals surface area contributed by atoms with Gasteiger partial charge in [-0.3, -0.25) is 9.69 Å². The van der Waals surface area contributed by atoms with Crippen molar-refractivity contribution < 1.29 is 9.90 Å². The summed E-state index contributed by atoms with van der Waals surface area (Å²) in [7, 11) is 0. The van der Waals surface area contributed by atoms with Gasteiger partial charge in [-0.1, -0.05) is 92.8 Å². The second-order valence-corrected chi connectivity index (χ2v) is 8.52. The molecule has 0 amide bonds. The van der Waals surface area contributed by atoms with Crippen LogP contribution in [0.15, 0.2) is 60.7 Å². The Morgan fingerprint density at radius 2 is 1.55 bits per heavy atom. The van der Waals surface area contributed by atoms with E-state index in [1.165, 1.54) is 43.2 Å². The van der Waals surface area contributed by atoms with Crippen molar-refractivity contribution in [3.8, 4) is 0 Å². The van der Waals surface area contributed by atoms with E-state index < -0.39 is 5.97 Å². The van der Waals surface area contributed by atoms with E-state index in [0.717, 1.165) is 38.3 Å². The van der Waals surface area contributed by atoms with Crippen LogP contribution in [0.25, 0.3) is 0 Å². The van der Waals surface area contributed by atoms with Crippen LogP contribution in [-0.4, -0.2) is 28.6 Å². The van der Waals surface area contributed by atoms with Crippen molar-refractivity contribution in [2.75, 3.05) is 6.54 Å². The topological polar surface area (TPSA) is 40.5 Å². The van der Waals surface area contributed by atoms with Crippen molar-refractivity contribution >= 4 is 5.97 Å². The fraction of sp³-hybridized carbons (Fsp3) is 0.500. The van der Waals surface area contributed by atoms with E-state index in [9.17, 15) is 9.90 Å². The van der Waals surface area contributed by atoms with Crippen molar-refractivity contribution in [1.29, 1.82) is 0 Å². The first-order valence-corrected chi connectivity index (χ1v) is 11.2. The van der Waals surface area contributed by atoms with Crippen LogP contribution in [0.2, 0.25) is 0 Å². The Labute approximate surface area is 175 Å². The second kappa shape index (κ2) is 11.8. The van der Waals surface area contributed by atoms with E-state index in [4.69, 9.17) is 0 Å². The highest BCUT2D eigenvalue weighted by Crippen LogP contribution is 2.29. The number of hydrogen-bond donors (Lipinski definition) is 1. The van der Waals surface area contributed by atoms with E-state index in [-0.39, 0.29) is 12.5 Å². The lowest BCUT2D eigenvalue weighted by Crippen LogP contribution is -2.38. The number of rotatable bonds is 11. The Morgan fingerprint density at radius 1 is 0.931 bits per heavy atom. The fourth-order valence-electron chi connectivity index (χ4n) is 4.65. The predicted octanol–water partition coefficient (Wildman–Crippen LogP) is 5.94. The number of aliphatic carboxylic acids is 1. The van der Waals surface area contributed by atoms with Gasteiger partial charge in [0.25, 0.3) is 0 Å². The second-order valence-electron chi connectivity index (χ2n) is 8.52. The van der Waals surface area contributed by atoms with Crippen LogP contribution < -0.4 is 0 Å². The maximum Gasteiger partial charge on any atom is 0.304 e. The summed E-state index contributed by atoms with van der Waals surface area (Å²) >= 11 is 0. The summed E-state index contributed by atoms with van der Waals surface area (Å²) < 4.78 is 0. The van der Waals surface area contributed by atoms with Crippen LogP contribution in [0.3, 0.4) is 0 Å². The molecular formula is C26H35NO2. The molecule has 0 aliphatic heterocycles. The van der Waals surface area contributed by atoms with Gasteiger partial charge in [-0.25, -0.2) is 0 Å². The van der Waals surface area contributed by atoms with Gasteiger partial charge in [-0.15, -0.1) is 0 Å². The summed E-state index contributed by atoms with van der Waals surface area (Å²) in [6.45, 7) is 1.71. The lowest BCUT2D eigenvalue weighted by atomic mass is 9.84. The Bertz CT molecular complexity index is 710. The molecule has 0 radical (unpaired) electrons. The van der Waals surface area contributed by atoms with Gasteiger partial charge in [0, 0.05) is 19.1 Å². The number of hydrogen-bond acceptors (Lipinski definition) is 2. The highest BCUT2D eigenvalue weighted by Gasteiger charge is 2.24. The third-order valence-electron chi connectivity index (χ3n) is 6.32. The van der Waals surface area contributed by atoms with Crippen LogP contribution >= 0.6 is 0 Å². The zero-order valence-corrected chi connectivity index (χ0v) is 17.5. The molecule has 0 aromatic heterocycles. The molecule has 1 unspecified atom stereocenters. The fourth-order valence-corrected chi connectivity index (χ4v) is 4.65. The summed E-state index contributed by atoms with van der Waals surface area (Å²) in [5.41, 5.74) is 2.57. The van der Waals surface area contributed by atoms with Crippen molar-refractivity contribution in [2.45, 2.75) is 70.4 Å². The highest BCUT2D eigenvalue weighted by atomic mass is 16.4. The van der Waals surface area contributed by atoms with Gasteiger partial charge in [0.2, 0.25) is 0 Å². The Morgan fingerprint density at radius 3 is 2.17 bits per heavy atom. The van der Waals surface area contributed by atoms with Gasteiger partial charge in [-0.2, -0.15) is 0 Å².